The van der Waals surface area contributed by atoms with Gasteiger partial charge in [-0.25, -0.2) is 14.3 Å². The molecule has 0 bridgehead atoms. The van der Waals surface area contributed by atoms with Crippen molar-refractivity contribution >= 4 is 45.5 Å². The molecule has 8 heteroatoms. The van der Waals surface area contributed by atoms with Crippen LogP contribution in [0.3, 0.4) is 0 Å². The van der Waals surface area contributed by atoms with Crippen molar-refractivity contribution in [3.05, 3.63) is 63.4 Å². The largest absolute Gasteiger partial charge is 0.326 e. The van der Waals surface area contributed by atoms with Crippen LogP contribution in [0.2, 0.25) is 5.02 Å². The van der Waals surface area contributed by atoms with Gasteiger partial charge in [-0.1, -0.05) is 29.8 Å². The molecule has 0 saturated heterocycles. The standard InChI is InChI=1S/C20H18ClN3O2S2/c21-16-4-2-1-3-13(16)9-19(25)23-14-7-8-15(18(10-14)28(22)26)17-11-27-20(24-17)12-5-6-12/h1-4,7-8,10-12H,5-6,9,22H2,(H,23,25). The average molecular weight is 432 g/mol. The molecule has 144 valence electrons. The third-order valence-electron chi connectivity index (χ3n) is 4.52. The third-order valence-corrected chi connectivity index (χ3v) is 6.66. The molecule has 1 amide bonds. The van der Waals surface area contributed by atoms with Crippen molar-refractivity contribution in [3.8, 4) is 11.3 Å². The van der Waals surface area contributed by atoms with Crippen LogP contribution in [0, 0.1) is 0 Å². The van der Waals surface area contributed by atoms with E-state index in [2.05, 4.69) is 10.3 Å². The molecule has 1 aliphatic rings. The van der Waals surface area contributed by atoms with Crippen molar-refractivity contribution in [2.75, 3.05) is 5.32 Å². The first-order valence-electron chi connectivity index (χ1n) is 8.80. The Morgan fingerprint density at radius 3 is 2.79 bits per heavy atom. The second kappa shape index (κ2) is 8.13. The van der Waals surface area contributed by atoms with E-state index in [4.69, 9.17) is 16.7 Å². The van der Waals surface area contributed by atoms with Crippen LogP contribution in [0.25, 0.3) is 11.3 Å². The van der Waals surface area contributed by atoms with Crippen molar-refractivity contribution < 1.29 is 9.00 Å². The van der Waals surface area contributed by atoms with Crippen LogP contribution in [0.4, 0.5) is 5.69 Å². The molecule has 1 saturated carbocycles. The fourth-order valence-corrected chi connectivity index (χ4v) is 4.75. The van der Waals surface area contributed by atoms with Gasteiger partial charge in [-0.15, -0.1) is 11.3 Å². The molecule has 28 heavy (non-hydrogen) atoms. The molecular weight excluding hydrogens is 414 g/mol. The summed E-state index contributed by atoms with van der Waals surface area (Å²) in [6.07, 6.45) is 2.51. The number of benzene rings is 2. The van der Waals surface area contributed by atoms with Crippen molar-refractivity contribution in [1.29, 1.82) is 0 Å². The van der Waals surface area contributed by atoms with Gasteiger partial charge in [-0.05, 0) is 42.7 Å². The second-order valence-corrected chi connectivity index (χ2v) is 9.00. The first kappa shape index (κ1) is 19.3. The molecule has 1 unspecified atom stereocenters. The Kier molecular flexibility index (Phi) is 5.59. The maximum absolute atomic E-state index is 12.4. The normalized spacial score (nSPS) is 14.6. The van der Waals surface area contributed by atoms with Gasteiger partial charge < -0.3 is 5.32 Å². The van der Waals surface area contributed by atoms with E-state index in [0.29, 0.717) is 21.5 Å². The Morgan fingerprint density at radius 2 is 2.07 bits per heavy atom. The summed E-state index contributed by atoms with van der Waals surface area (Å²) in [5, 5.41) is 12.1. The Bertz CT molecular complexity index is 1060. The van der Waals surface area contributed by atoms with Crippen molar-refractivity contribution in [2.45, 2.75) is 30.1 Å². The van der Waals surface area contributed by atoms with Crippen LogP contribution in [0.1, 0.15) is 29.3 Å². The Hall–Kier alpha value is -2.06. The van der Waals surface area contributed by atoms with Gasteiger partial charge in [-0.2, -0.15) is 0 Å². The van der Waals surface area contributed by atoms with E-state index in [1.165, 1.54) is 12.8 Å². The number of anilines is 1. The quantitative estimate of drug-likeness (QED) is 0.602. The van der Waals surface area contributed by atoms with Crippen LogP contribution in [0.5, 0.6) is 0 Å². The van der Waals surface area contributed by atoms with E-state index in [-0.39, 0.29) is 12.3 Å². The van der Waals surface area contributed by atoms with Gasteiger partial charge in [0.25, 0.3) is 0 Å². The number of rotatable bonds is 6. The maximum atomic E-state index is 12.4. The van der Waals surface area contributed by atoms with E-state index >= 15 is 0 Å². The first-order valence-corrected chi connectivity index (χ1v) is 11.3. The molecule has 1 atom stereocenters. The number of amides is 1. The van der Waals surface area contributed by atoms with Crippen molar-refractivity contribution in [3.63, 3.8) is 0 Å². The molecule has 1 heterocycles. The highest BCUT2D eigenvalue weighted by molar-refractivity contribution is 7.82. The number of halogens is 1. The lowest BCUT2D eigenvalue weighted by atomic mass is 10.1. The number of carbonyl (C=O) groups is 1. The van der Waals surface area contributed by atoms with Crippen molar-refractivity contribution in [1.82, 2.24) is 4.98 Å². The summed E-state index contributed by atoms with van der Waals surface area (Å²) < 4.78 is 12.1. The van der Waals surface area contributed by atoms with E-state index < -0.39 is 11.0 Å². The highest BCUT2D eigenvalue weighted by Crippen LogP contribution is 2.43. The van der Waals surface area contributed by atoms with E-state index in [1.54, 1.807) is 35.6 Å². The predicted octanol–water partition coefficient (Wildman–Crippen LogP) is 4.50. The van der Waals surface area contributed by atoms with Crippen molar-refractivity contribution in [2.24, 2.45) is 5.14 Å². The van der Waals surface area contributed by atoms with Gasteiger partial charge in [-0.3, -0.25) is 4.79 Å². The van der Waals surface area contributed by atoms with Crippen LogP contribution < -0.4 is 10.5 Å². The fourth-order valence-electron chi connectivity index (χ4n) is 2.93. The smallest absolute Gasteiger partial charge is 0.228 e. The number of hydrogen-bond acceptors (Lipinski definition) is 4. The lowest BCUT2D eigenvalue weighted by Crippen LogP contribution is -2.15. The van der Waals surface area contributed by atoms with E-state index in [9.17, 15) is 9.00 Å². The van der Waals surface area contributed by atoms with E-state index in [1.807, 2.05) is 23.6 Å². The minimum absolute atomic E-state index is 0.152. The molecule has 0 spiro atoms. The highest BCUT2D eigenvalue weighted by Gasteiger charge is 2.27. The summed E-state index contributed by atoms with van der Waals surface area (Å²) >= 11 is 7.73. The first-order chi connectivity index (χ1) is 13.5. The monoisotopic (exact) mass is 431 g/mol. The predicted molar refractivity (Wildman–Crippen MR) is 114 cm³/mol. The third kappa shape index (κ3) is 4.33. The minimum atomic E-state index is -1.70. The average Bonchev–Trinajstić information content (AvgIpc) is 3.41. The fraction of sp³-hybridized carbons (Fsp3) is 0.200. The summed E-state index contributed by atoms with van der Waals surface area (Å²) in [4.78, 5) is 17.5. The maximum Gasteiger partial charge on any atom is 0.228 e. The van der Waals surface area contributed by atoms with Crippen LogP contribution >= 0.6 is 22.9 Å². The lowest BCUT2D eigenvalue weighted by molar-refractivity contribution is -0.115. The SMILES string of the molecule is NS(=O)c1cc(NC(=O)Cc2ccccc2Cl)ccc1-c1csc(C2CC2)n1. The topological polar surface area (TPSA) is 85.1 Å². The molecule has 3 aromatic rings. The minimum Gasteiger partial charge on any atom is -0.326 e. The molecule has 1 aliphatic carbocycles. The molecule has 0 radical (unpaired) electrons. The van der Waals surface area contributed by atoms with Gasteiger partial charge >= 0.3 is 0 Å². The Labute approximate surface area is 174 Å². The molecule has 0 aliphatic heterocycles. The summed E-state index contributed by atoms with van der Waals surface area (Å²) in [6, 6.07) is 12.4. The van der Waals surface area contributed by atoms with Gasteiger partial charge in [0, 0.05) is 27.6 Å². The number of nitrogens with two attached hydrogens (primary N) is 1. The van der Waals surface area contributed by atoms with E-state index in [0.717, 1.165) is 21.8 Å². The zero-order valence-electron chi connectivity index (χ0n) is 14.9. The number of thiazole rings is 1. The molecule has 1 fully saturated rings. The number of nitrogens with one attached hydrogen (secondary N) is 1. The Balaban J connectivity index is 1.55. The molecular formula is C20H18ClN3O2S2. The molecule has 1 aromatic heterocycles. The number of aromatic nitrogens is 1. The second-order valence-electron chi connectivity index (χ2n) is 6.67. The van der Waals surface area contributed by atoms with Gasteiger partial charge in [0.2, 0.25) is 5.91 Å². The van der Waals surface area contributed by atoms with Crippen LogP contribution in [-0.4, -0.2) is 15.1 Å². The highest BCUT2D eigenvalue weighted by atomic mass is 35.5. The van der Waals surface area contributed by atoms with Gasteiger partial charge in [0.1, 0.15) is 11.0 Å². The zero-order valence-corrected chi connectivity index (χ0v) is 17.2. The molecule has 5 nitrogen and oxygen atoms in total. The zero-order chi connectivity index (χ0) is 19.7. The number of nitrogens with zero attached hydrogens (tertiary/aromatic N) is 1. The van der Waals surface area contributed by atoms with Crippen LogP contribution in [-0.2, 0) is 22.2 Å². The summed E-state index contributed by atoms with van der Waals surface area (Å²) in [7, 11) is -1.70. The molecule has 4 rings (SSSR count). The summed E-state index contributed by atoms with van der Waals surface area (Å²) in [5.74, 6) is 0.355. The molecule has 3 N–H and O–H groups in total. The summed E-state index contributed by atoms with van der Waals surface area (Å²) in [5.41, 5.74) is 2.78. The Morgan fingerprint density at radius 1 is 1.29 bits per heavy atom. The number of hydrogen-bond donors (Lipinski definition) is 2. The van der Waals surface area contributed by atoms with Gasteiger partial charge in [0.05, 0.1) is 22.0 Å². The molecule has 2 aromatic carbocycles. The lowest BCUT2D eigenvalue weighted by Gasteiger charge is -2.10. The van der Waals surface area contributed by atoms with Gasteiger partial charge in [0.15, 0.2) is 0 Å². The summed E-state index contributed by atoms with van der Waals surface area (Å²) in [6.45, 7) is 0. The van der Waals surface area contributed by atoms with Crippen LogP contribution in [0.15, 0.2) is 52.7 Å². The number of carbonyl (C=O) groups excluding carboxylic acids is 1.